The minimum atomic E-state index is -0.143. The molecule has 0 heterocycles. The summed E-state index contributed by atoms with van der Waals surface area (Å²) in [6.07, 6.45) is 14.0. The van der Waals surface area contributed by atoms with Crippen LogP contribution in [0.3, 0.4) is 0 Å². The first-order chi connectivity index (χ1) is 12.4. The highest BCUT2D eigenvalue weighted by molar-refractivity contribution is 5.66. The molecule has 0 aromatic heterocycles. The molecule has 4 aliphatic carbocycles. The summed E-state index contributed by atoms with van der Waals surface area (Å²) in [6.45, 7) is 6.66. The summed E-state index contributed by atoms with van der Waals surface area (Å²) in [6, 6.07) is 0. The molecule has 0 bridgehead atoms. The Hall–Kier alpha value is -1.09. The van der Waals surface area contributed by atoms with Gasteiger partial charge < -0.3 is 9.84 Å². The third kappa shape index (κ3) is 2.69. The van der Waals surface area contributed by atoms with E-state index in [1.54, 1.807) is 5.57 Å². The number of aliphatic hydroxyl groups is 1. The molecular weight excluding hydrogens is 324 g/mol. The van der Waals surface area contributed by atoms with E-state index >= 15 is 0 Å². The molecule has 3 saturated carbocycles. The fraction of sp³-hybridized carbons (Fsp3) is 0.783. The van der Waals surface area contributed by atoms with Crippen LogP contribution in [-0.2, 0) is 9.53 Å². The van der Waals surface area contributed by atoms with Crippen LogP contribution in [0.15, 0.2) is 23.3 Å². The van der Waals surface area contributed by atoms with E-state index in [0.717, 1.165) is 37.0 Å². The van der Waals surface area contributed by atoms with Gasteiger partial charge in [-0.25, -0.2) is 0 Å². The number of hydrogen-bond donors (Lipinski definition) is 1. The van der Waals surface area contributed by atoms with Crippen LogP contribution in [0.5, 0.6) is 0 Å². The van der Waals surface area contributed by atoms with Crippen molar-refractivity contribution in [2.24, 2.45) is 28.6 Å². The van der Waals surface area contributed by atoms with Gasteiger partial charge in [-0.15, -0.1) is 0 Å². The standard InChI is InChI=1S/C23H34O3/c1-15(25)26-18-8-11-23(3)17(14-18)4-6-19-20-7-5-16(10-13-24)22(20,2)12-9-21(19)23/h4,10,18-21,24H,5-9,11-14H2,1-3H3/b16-10+/t18-,19-,20-,21-,22+,23+/m1/s1. The summed E-state index contributed by atoms with van der Waals surface area (Å²) in [5.74, 6) is 2.17. The number of fused-ring (bicyclic) bond motifs is 5. The molecule has 0 spiro atoms. The molecule has 0 radical (unpaired) electrons. The van der Waals surface area contributed by atoms with Crippen LogP contribution < -0.4 is 0 Å². The fourth-order valence-electron chi connectivity index (χ4n) is 7.26. The fourth-order valence-corrected chi connectivity index (χ4v) is 7.26. The Morgan fingerprint density at radius 1 is 1.23 bits per heavy atom. The van der Waals surface area contributed by atoms with Crippen molar-refractivity contribution in [2.45, 2.75) is 78.2 Å². The third-order valence-corrected chi connectivity index (χ3v) is 8.58. The molecular formula is C23H34O3. The van der Waals surface area contributed by atoms with Crippen molar-refractivity contribution in [3.05, 3.63) is 23.3 Å². The van der Waals surface area contributed by atoms with Gasteiger partial charge in [-0.2, -0.15) is 0 Å². The SMILES string of the molecule is CC(=O)O[C@@H]1CC[C@@]2(C)C(=CC[C@H]3[C@H]2CC[C@@]2(C)/C(=C/CO)CC[C@H]32)C1. The Labute approximate surface area is 157 Å². The largest absolute Gasteiger partial charge is 0.462 e. The Bertz CT molecular complexity index is 648. The lowest BCUT2D eigenvalue weighted by Gasteiger charge is -2.57. The average molecular weight is 359 g/mol. The molecule has 4 rings (SSSR count). The maximum absolute atomic E-state index is 11.4. The van der Waals surface area contributed by atoms with Gasteiger partial charge in [-0.3, -0.25) is 4.79 Å². The monoisotopic (exact) mass is 358 g/mol. The van der Waals surface area contributed by atoms with E-state index in [1.807, 2.05) is 0 Å². The highest BCUT2D eigenvalue weighted by Crippen LogP contribution is 2.66. The van der Waals surface area contributed by atoms with Crippen LogP contribution in [0.25, 0.3) is 0 Å². The van der Waals surface area contributed by atoms with Gasteiger partial charge in [0, 0.05) is 13.3 Å². The van der Waals surface area contributed by atoms with Crippen molar-refractivity contribution in [3.8, 4) is 0 Å². The van der Waals surface area contributed by atoms with Crippen molar-refractivity contribution < 1.29 is 14.6 Å². The number of ether oxygens (including phenoxy) is 1. The zero-order chi connectivity index (χ0) is 18.5. The molecule has 0 aromatic rings. The first-order valence-electron chi connectivity index (χ1n) is 10.6. The van der Waals surface area contributed by atoms with Gasteiger partial charge in [0.25, 0.3) is 0 Å². The summed E-state index contributed by atoms with van der Waals surface area (Å²) in [5.41, 5.74) is 3.68. The quantitative estimate of drug-likeness (QED) is 0.570. The molecule has 144 valence electrons. The molecule has 0 unspecified atom stereocenters. The molecule has 4 aliphatic rings. The molecule has 0 aliphatic heterocycles. The summed E-state index contributed by atoms with van der Waals surface area (Å²) in [7, 11) is 0. The van der Waals surface area contributed by atoms with E-state index in [1.165, 1.54) is 44.6 Å². The molecule has 0 saturated heterocycles. The van der Waals surface area contributed by atoms with Gasteiger partial charge >= 0.3 is 5.97 Å². The maximum Gasteiger partial charge on any atom is 0.302 e. The van der Waals surface area contributed by atoms with Crippen LogP contribution in [0.2, 0.25) is 0 Å². The molecule has 3 heteroatoms. The van der Waals surface area contributed by atoms with E-state index in [-0.39, 0.29) is 18.7 Å². The number of carbonyl (C=O) groups is 1. The highest BCUT2D eigenvalue weighted by Gasteiger charge is 2.57. The minimum absolute atomic E-state index is 0.0859. The zero-order valence-electron chi connectivity index (χ0n) is 16.6. The normalized spacial score (nSPS) is 46.2. The van der Waals surface area contributed by atoms with Crippen molar-refractivity contribution >= 4 is 5.97 Å². The Morgan fingerprint density at radius 3 is 2.69 bits per heavy atom. The number of esters is 1. The van der Waals surface area contributed by atoms with Crippen LogP contribution in [-0.4, -0.2) is 23.8 Å². The number of carbonyl (C=O) groups excluding carboxylic acids is 1. The van der Waals surface area contributed by atoms with Crippen LogP contribution in [0.1, 0.15) is 72.1 Å². The predicted octanol–water partition coefficient (Wildman–Crippen LogP) is 4.80. The molecule has 3 fully saturated rings. The van der Waals surface area contributed by atoms with Crippen molar-refractivity contribution in [3.63, 3.8) is 0 Å². The zero-order valence-corrected chi connectivity index (χ0v) is 16.6. The average Bonchev–Trinajstić information content (AvgIpc) is 2.92. The van der Waals surface area contributed by atoms with Gasteiger partial charge in [0.05, 0.1) is 6.61 Å². The topological polar surface area (TPSA) is 46.5 Å². The van der Waals surface area contributed by atoms with Gasteiger partial charge in [-0.05, 0) is 73.5 Å². The Balaban J connectivity index is 1.59. The maximum atomic E-state index is 11.4. The second kappa shape index (κ2) is 6.51. The number of aliphatic hydroxyl groups excluding tert-OH is 1. The van der Waals surface area contributed by atoms with Crippen molar-refractivity contribution in [1.29, 1.82) is 0 Å². The highest BCUT2D eigenvalue weighted by atomic mass is 16.5. The van der Waals surface area contributed by atoms with Crippen molar-refractivity contribution in [2.75, 3.05) is 6.61 Å². The first-order valence-corrected chi connectivity index (χ1v) is 10.6. The van der Waals surface area contributed by atoms with E-state index in [4.69, 9.17) is 4.74 Å². The van der Waals surface area contributed by atoms with Gasteiger partial charge in [-0.1, -0.05) is 37.1 Å². The second-order valence-electron chi connectivity index (χ2n) is 9.64. The van der Waals surface area contributed by atoms with Gasteiger partial charge in [0.2, 0.25) is 0 Å². The number of rotatable bonds is 2. The predicted molar refractivity (Wildman–Crippen MR) is 102 cm³/mol. The number of allylic oxidation sites excluding steroid dienone is 2. The summed E-state index contributed by atoms with van der Waals surface area (Å²) in [5, 5.41) is 9.42. The molecule has 3 nitrogen and oxygen atoms in total. The minimum Gasteiger partial charge on any atom is -0.462 e. The van der Waals surface area contributed by atoms with Crippen LogP contribution in [0, 0.1) is 28.6 Å². The summed E-state index contributed by atoms with van der Waals surface area (Å²) < 4.78 is 5.54. The molecule has 0 amide bonds. The van der Waals surface area contributed by atoms with E-state index in [0.29, 0.717) is 10.8 Å². The Morgan fingerprint density at radius 2 is 1.96 bits per heavy atom. The van der Waals surface area contributed by atoms with E-state index in [2.05, 4.69) is 26.0 Å². The third-order valence-electron chi connectivity index (χ3n) is 8.58. The molecule has 6 atom stereocenters. The van der Waals surface area contributed by atoms with Crippen molar-refractivity contribution in [1.82, 2.24) is 0 Å². The molecule has 26 heavy (non-hydrogen) atoms. The van der Waals surface area contributed by atoms with Crippen LogP contribution in [0.4, 0.5) is 0 Å². The second-order valence-corrected chi connectivity index (χ2v) is 9.64. The Kier molecular flexibility index (Phi) is 4.58. The van der Waals surface area contributed by atoms with Gasteiger partial charge in [0.15, 0.2) is 0 Å². The molecule has 1 N–H and O–H groups in total. The lowest BCUT2D eigenvalue weighted by Crippen LogP contribution is -2.49. The van der Waals surface area contributed by atoms with E-state index in [9.17, 15) is 9.90 Å². The van der Waals surface area contributed by atoms with Crippen LogP contribution >= 0.6 is 0 Å². The lowest BCUT2D eigenvalue weighted by molar-refractivity contribution is -0.148. The summed E-state index contributed by atoms with van der Waals surface area (Å²) >= 11 is 0. The van der Waals surface area contributed by atoms with Gasteiger partial charge in [0.1, 0.15) is 6.10 Å². The molecule has 0 aromatic carbocycles. The summed E-state index contributed by atoms with van der Waals surface area (Å²) in [4.78, 5) is 11.4. The lowest BCUT2D eigenvalue weighted by atomic mass is 9.48. The first kappa shape index (κ1) is 18.3. The smallest absolute Gasteiger partial charge is 0.302 e. The van der Waals surface area contributed by atoms with E-state index < -0.39 is 0 Å². The number of hydrogen-bond acceptors (Lipinski definition) is 3.